The number of carbonyl (C=O) groups is 2. The van der Waals surface area contributed by atoms with Gasteiger partial charge in [0, 0.05) is 13.6 Å². The summed E-state index contributed by atoms with van der Waals surface area (Å²) in [4.78, 5) is 25.5. The molecule has 0 aromatic carbocycles. The number of likely N-dealkylation sites (N-methyl/N-ethyl adjacent to an activating group) is 1. The van der Waals surface area contributed by atoms with Gasteiger partial charge in [-0.3, -0.25) is 4.79 Å². The van der Waals surface area contributed by atoms with E-state index in [2.05, 4.69) is 0 Å². The first-order valence-corrected chi connectivity index (χ1v) is 6.20. The second kappa shape index (κ2) is 6.15. The van der Waals surface area contributed by atoms with Gasteiger partial charge in [0.15, 0.2) is 0 Å². The molecule has 1 saturated heterocycles. The van der Waals surface area contributed by atoms with Crippen LogP contribution in [0, 0.1) is 5.92 Å². The topological polar surface area (TPSA) is 70.1 Å². The third kappa shape index (κ3) is 3.00. The van der Waals surface area contributed by atoms with Crippen LogP contribution in [0.25, 0.3) is 0 Å². The number of amides is 1. The summed E-state index contributed by atoms with van der Waals surface area (Å²) in [5.74, 6) is -0.641. The molecule has 1 aliphatic heterocycles. The molecule has 1 N–H and O–H groups in total. The fourth-order valence-corrected chi connectivity index (χ4v) is 2.46. The van der Waals surface area contributed by atoms with Crippen molar-refractivity contribution in [2.75, 3.05) is 20.7 Å². The van der Waals surface area contributed by atoms with Gasteiger partial charge in [-0.25, -0.2) is 4.79 Å². The van der Waals surface area contributed by atoms with E-state index in [1.165, 1.54) is 19.1 Å². The van der Waals surface area contributed by atoms with Gasteiger partial charge < -0.3 is 14.8 Å². The van der Waals surface area contributed by atoms with Crippen LogP contribution >= 0.6 is 0 Å². The van der Waals surface area contributed by atoms with Crippen molar-refractivity contribution in [1.82, 2.24) is 9.96 Å². The minimum absolute atomic E-state index is 0.0357. The van der Waals surface area contributed by atoms with Gasteiger partial charge in [-0.1, -0.05) is 13.8 Å². The molecule has 0 saturated carbocycles. The summed E-state index contributed by atoms with van der Waals surface area (Å²) in [6, 6.07) is -1.14. The highest BCUT2D eigenvalue weighted by Gasteiger charge is 2.39. The summed E-state index contributed by atoms with van der Waals surface area (Å²) in [5, 5.41) is 10.5. The number of nitrogens with zero attached hydrogens (tertiary/aromatic N) is 2. The number of methoxy groups -OCH3 is 1. The van der Waals surface area contributed by atoms with Crippen molar-refractivity contribution in [3.8, 4) is 0 Å². The molecular formula is C12H22N2O4. The minimum Gasteiger partial charge on any atom is -0.467 e. The molecule has 1 heterocycles. The Morgan fingerprint density at radius 2 is 2.06 bits per heavy atom. The van der Waals surface area contributed by atoms with Crippen LogP contribution in [0.3, 0.4) is 0 Å². The quantitative estimate of drug-likeness (QED) is 0.587. The van der Waals surface area contributed by atoms with Crippen LogP contribution in [0.1, 0.15) is 26.7 Å². The van der Waals surface area contributed by atoms with Crippen molar-refractivity contribution in [3.05, 3.63) is 0 Å². The Labute approximate surface area is 107 Å². The Morgan fingerprint density at radius 3 is 2.50 bits per heavy atom. The van der Waals surface area contributed by atoms with Gasteiger partial charge in [0.1, 0.15) is 12.1 Å². The van der Waals surface area contributed by atoms with E-state index in [-0.39, 0.29) is 17.8 Å². The molecule has 0 radical (unpaired) electrons. The highest BCUT2D eigenvalue weighted by atomic mass is 16.5. The first-order chi connectivity index (χ1) is 8.40. The van der Waals surface area contributed by atoms with E-state index >= 15 is 0 Å². The van der Waals surface area contributed by atoms with E-state index in [0.717, 1.165) is 11.5 Å². The average molecular weight is 258 g/mol. The van der Waals surface area contributed by atoms with Gasteiger partial charge in [0.25, 0.3) is 0 Å². The van der Waals surface area contributed by atoms with Crippen LogP contribution in [-0.2, 0) is 14.3 Å². The number of rotatable bonds is 4. The van der Waals surface area contributed by atoms with Crippen molar-refractivity contribution in [3.63, 3.8) is 0 Å². The summed E-state index contributed by atoms with van der Waals surface area (Å²) in [5.41, 5.74) is 0. The SMILES string of the molecule is COC(=O)[C@@H]1CCCN1C(=O)[C@H](C(C)C)N(C)O. The van der Waals surface area contributed by atoms with Crippen LogP contribution in [-0.4, -0.2) is 59.8 Å². The Balaban J connectivity index is 2.84. The van der Waals surface area contributed by atoms with Crippen LogP contribution < -0.4 is 0 Å². The number of ether oxygens (including phenoxy) is 1. The van der Waals surface area contributed by atoms with Crippen molar-refractivity contribution in [2.24, 2.45) is 5.92 Å². The average Bonchev–Trinajstić information content (AvgIpc) is 2.75. The Hall–Kier alpha value is -1.14. The monoisotopic (exact) mass is 258 g/mol. The molecular weight excluding hydrogens is 236 g/mol. The molecule has 0 spiro atoms. The maximum atomic E-state index is 12.4. The predicted molar refractivity (Wildman–Crippen MR) is 64.9 cm³/mol. The zero-order valence-corrected chi connectivity index (χ0v) is 11.4. The number of hydrogen-bond donors (Lipinski definition) is 1. The molecule has 6 heteroatoms. The number of hydrogen-bond acceptors (Lipinski definition) is 5. The molecule has 1 fully saturated rings. The Bertz CT molecular complexity index is 309. The van der Waals surface area contributed by atoms with Crippen molar-refractivity contribution in [1.29, 1.82) is 0 Å². The summed E-state index contributed by atoms with van der Waals surface area (Å²) in [6.45, 7) is 4.26. The Morgan fingerprint density at radius 1 is 1.44 bits per heavy atom. The lowest BCUT2D eigenvalue weighted by Gasteiger charge is -2.31. The maximum absolute atomic E-state index is 12.4. The lowest BCUT2D eigenvalue weighted by Crippen LogP contribution is -2.52. The lowest BCUT2D eigenvalue weighted by molar-refractivity contribution is -0.167. The van der Waals surface area contributed by atoms with Gasteiger partial charge in [0.2, 0.25) is 5.91 Å². The van der Waals surface area contributed by atoms with E-state index in [9.17, 15) is 14.8 Å². The zero-order chi connectivity index (χ0) is 13.9. The number of esters is 1. The smallest absolute Gasteiger partial charge is 0.328 e. The second-order valence-corrected chi connectivity index (χ2v) is 4.98. The van der Waals surface area contributed by atoms with Gasteiger partial charge >= 0.3 is 5.97 Å². The highest BCUT2D eigenvalue weighted by molar-refractivity contribution is 5.88. The molecule has 1 rings (SSSR count). The minimum atomic E-state index is -0.629. The van der Waals surface area contributed by atoms with Crippen molar-refractivity contribution < 1.29 is 19.5 Å². The van der Waals surface area contributed by atoms with E-state index in [1.807, 2.05) is 13.8 Å². The molecule has 0 bridgehead atoms. The molecule has 104 valence electrons. The van der Waals surface area contributed by atoms with E-state index in [1.54, 1.807) is 0 Å². The molecule has 6 nitrogen and oxygen atoms in total. The van der Waals surface area contributed by atoms with Gasteiger partial charge in [0.05, 0.1) is 7.11 Å². The summed E-state index contributed by atoms with van der Waals surface area (Å²) >= 11 is 0. The zero-order valence-electron chi connectivity index (χ0n) is 11.4. The molecule has 0 aliphatic carbocycles. The summed E-state index contributed by atoms with van der Waals surface area (Å²) in [7, 11) is 2.77. The normalized spacial score (nSPS) is 21.5. The van der Waals surface area contributed by atoms with Gasteiger partial charge in [-0.2, -0.15) is 5.06 Å². The van der Waals surface area contributed by atoms with Crippen molar-refractivity contribution in [2.45, 2.75) is 38.8 Å². The van der Waals surface area contributed by atoms with Gasteiger partial charge in [-0.15, -0.1) is 0 Å². The molecule has 1 amide bonds. The summed E-state index contributed by atoms with van der Waals surface area (Å²) < 4.78 is 4.71. The summed E-state index contributed by atoms with van der Waals surface area (Å²) in [6.07, 6.45) is 1.41. The number of carbonyl (C=O) groups excluding carboxylic acids is 2. The predicted octanol–water partition coefficient (Wildman–Crippen LogP) is 0.496. The maximum Gasteiger partial charge on any atom is 0.328 e. The van der Waals surface area contributed by atoms with Crippen LogP contribution in [0.2, 0.25) is 0 Å². The van der Waals surface area contributed by atoms with Crippen LogP contribution in [0.15, 0.2) is 0 Å². The third-order valence-electron chi connectivity index (χ3n) is 3.30. The standard InChI is InChI=1S/C12H22N2O4/c1-8(2)10(13(3)17)11(15)14-7-5-6-9(14)12(16)18-4/h8-10,17H,5-7H2,1-4H3/t9-,10-/m0/s1. The number of hydroxylamine groups is 2. The van der Waals surface area contributed by atoms with Crippen molar-refractivity contribution >= 4 is 11.9 Å². The van der Waals surface area contributed by atoms with E-state index < -0.39 is 12.1 Å². The molecule has 1 aliphatic rings. The molecule has 0 aromatic rings. The largest absolute Gasteiger partial charge is 0.467 e. The third-order valence-corrected chi connectivity index (χ3v) is 3.30. The van der Waals surface area contributed by atoms with Crippen LogP contribution in [0.4, 0.5) is 0 Å². The molecule has 18 heavy (non-hydrogen) atoms. The van der Waals surface area contributed by atoms with Crippen LogP contribution in [0.5, 0.6) is 0 Å². The molecule has 0 aromatic heterocycles. The Kier molecular flexibility index (Phi) is 5.10. The molecule has 0 unspecified atom stereocenters. The molecule has 2 atom stereocenters. The lowest BCUT2D eigenvalue weighted by atomic mass is 10.0. The second-order valence-electron chi connectivity index (χ2n) is 4.98. The highest BCUT2D eigenvalue weighted by Crippen LogP contribution is 2.22. The van der Waals surface area contributed by atoms with E-state index in [4.69, 9.17) is 4.74 Å². The fourth-order valence-electron chi connectivity index (χ4n) is 2.46. The number of likely N-dealkylation sites (tertiary alicyclic amines) is 1. The first kappa shape index (κ1) is 14.9. The van der Waals surface area contributed by atoms with Gasteiger partial charge in [-0.05, 0) is 18.8 Å². The first-order valence-electron chi connectivity index (χ1n) is 6.20. The van der Waals surface area contributed by atoms with E-state index in [0.29, 0.717) is 13.0 Å². The fraction of sp³-hybridized carbons (Fsp3) is 0.833.